The third-order valence-electron chi connectivity index (χ3n) is 3.40. The van der Waals surface area contributed by atoms with Gasteiger partial charge in [0, 0.05) is 12.3 Å². The van der Waals surface area contributed by atoms with Crippen LogP contribution in [0.15, 0.2) is 55.0 Å². The molecule has 3 rings (SSSR count). The number of hydrogen-bond donors (Lipinski definition) is 2. The maximum atomic E-state index is 12.9. The van der Waals surface area contributed by atoms with Crippen molar-refractivity contribution < 1.29 is 13.2 Å². The quantitative estimate of drug-likeness (QED) is 0.660. The molecule has 0 bridgehead atoms. The Bertz CT molecular complexity index is 887. The van der Waals surface area contributed by atoms with E-state index in [9.17, 15) is 13.2 Å². The van der Waals surface area contributed by atoms with Gasteiger partial charge in [0.2, 0.25) is 0 Å². The molecule has 2 aromatic heterocycles. The van der Waals surface area contributed by atoms with Crippen molar-refractivity contribution in [3.63, 3.8) is 0 Å². The van der Waals surface area contributed by atoms with Gasteiger partial charge in [-0.15, -0.1) is 0 Å². The SMILES string of the molecule is FC(F)(F)c1ccc(Cl)c(Nc2cc(NCc3ccccn3)ncn2)c1. The van der Waals surface area contributed by atoms with Gasteiger partial charge >= 0.3 is 6.18 Å². The molecule has 0 fully saturated rings. The number of hydrogen-bond acceptors (Lipinski definition) is 5. The first-order valence-corrected chi connectivity index (χ1v) is 7.89. The Morgan fingerprint density at radius 3 is 2.50 bits per heavy atom. The van der Waals surface area contributed by atoms with E-state index in [0.29, 0.717) is 18.2 Å². The summed E-state index contributed by atoms with van der Waals surface area (Å²) in [5.74, 6) is 0.806. The molecule has 3 aromatic rings. The maximum Gasteiger partial charge on any atom is 0.416 e. The molecule has 2 N–H and O–H groups in total. The second-order valence-corrected chi connectivity index (χ2v) is 5.69. The van der Waals surface area contributed by atoms with Crippen LogP contribution in [-0.2, 0) is 12.7 Å². The summed E-state index contributed by atoms with van der Waals surface area (Å²) in [6.07, 6.45) is -1.48. The largest absolute Gasteiger partial charge is 0.416 e. The summed E-state index contributed by atoms with van der Waals surface area (Å²) in [5, 5.41) is 6.01. The average molecular weight is 380 g/mol. The van der Waals surface area contributed by atoms with E-state index in [2.05, 4.69) is 25.6 Å². The molecule has 0 radical (unpaired) electrons. The van der Waals surface area contributed by atoms with Crippen LogP contribution >= 0.6 is 11.6 Å². The van der Waals surface area contributed by atoms with Crippen molar-refractivity contribution in [2.45, 2.75) is 12.7 Å². The number of pyridine rings is 1. The van der Waals surface area contributed by atoms with E-state index in [0.717, 1.165) is 17.8 Å². The molecule has 0 amide bonds. The van der Waals surface area contributed by atoms with Gasteiger partial charge in [-0.3, -0.25) is 4.98 Å². The van der Waals surface area contributed by atoms with Crippen LogP contribution in [0, 0.1) is 0 Å². The maximum absolute atomic E-state index is 12.9. The summed E-state index contributed by atoms with van der Waals surface area (Å²) >= 11 is 5.98. The molecule has 134 valence electrons. The minimum atomic E-state index is -4.46. The fraction of sp³-hybridized carbons (Fsp3) is 0.118. The van der Waals surface area contributed by atoms with Crippen LogP contribution in [0.5, 0.6) is 0 Å². The molecule has 0 saturated heterocycles. The van der Waals surface area contributed by atoms with E-state index in [1.807, 2.05) is 18.2 Å². The molecule has 0 aliphatic carbocycles. The van der Waals surface area contributed by atoms with Crippen LogP contribution in [-0.4, -0.2) is 15.0 Å². The lowest BCUT2D eigenvalue weighted by Gasteiger charge is -2.12. The molecule has 0 aliphatic heterocycles. The minimum Gasteiger partial charge on any atom is -0.364 e. The molecule has 9 heteroatoms. The van der Waals surface area contributed by atoms with Gasteiger partial charge in [-0.2, -0.15) is 13.2 Å². The molecular weight excluding hydrogens is 367 g/mol. The van der Waals surface area contributed by atoms with Crippen molar-refractivity contribution >= 4 is 28.9 Å². The number of halogens is 4. The molecule has 0 spiro atoms. The second kappa shape index (κ2) is 7.57. The van der Waals surface area contributed by atoms with Crippen molar-refractivity contribution in [3.8, 4) is 0 Å². The topological polar surface area (TPSA) is 62.7 Å². The molecule has 1 aromatic carbocycles. The Balaban J connectivity index is 1.75. The van der Waals surface area contributed by atoms with E-state index in [-0.39, 0.29) is 10.7 Å². The summed E-state index contributed by atoms with van der Waals surface area (Å²) in [6.45, 7) is 0.446. The van der Waals surface area contributed by atoms with Gasteiger partial charge in [-0.1, -0.05) is 17.7 Å². The molecule has 0 atom stereocenters. The zero-order chi connectivity index (χ0) is 18.6. The summed E-state index contributed by atoms with van der Waals surface area (Å²) in [4.78, 5) is 12.3. The predicted octanol–water partition coefficient (Wildman–Crippen LogP) is 4.90. The molecule has 0 saturated carbocycles. The Hall–Kier alpha value is -2.87. The highest BCUT2D eigenvalue weighted by atomic mass is 35.5. The molecular formula is C17H13ClF3N5. The van der Waals surface area contributed by atoms with Crippen LogP contribution in [0.1, 0.15) is 11.3 Å². The summed E-state index contributed by atoms with van der Waals surface area (Å²) in [7, 11) is 0. The zero-order valence-electron chi connectivity index (χ0n) is 13.3. The van der Waals surface area contributed by atoms with Gasteiger partial charge in [0.05, 0.1) is 28.5 Å². The third kappa shape index (κ3) is 4.60. The van der Waals surface area contributed by atoms with Gasteiger partial charge in [0.15, 0.2) is 0 Å². The second-order valence-electron chi connectivity index (χ2n) is 5.28. The van der Waals surface area contributed by atoms with Crippen LogP contribution in [0.2, 0.25) is 5.02 Å². The number of anilines is 3. The predicted molar refractivity (Wildman–Crippen MR) is 93.3 cm³/mol. The summed E-state index contributed by atoms with van der Waals surface area (Å²) in [6, 6.07) is 10.2. The lowest BCUT2D eigenvalue weighted by Crippen LogP contribution is -2.06. The number of alkyl halides is 3. The van der Waals surface area contributed by atoms with Crippen molar-refractivity contribution in [1.29, 1.82) is 0 Å². The monoisotopic (exact) mass is 379 g/mol. The number of rotatable bonds is 5. The number of benzene rings is 1. The van der Waals surface area contributed by atoms with E-state index in [1.165, 1.54) is 12.4 Å². The lowest BCUT2D eigenvalue weighted by atomic mass is 10.2. The highest BCUT2D eigenvalue weighted by Gasteiger charge is 2.31. The standard InChI is InChI=1S/C17H13ClF3N5/c18-13-5-4-11(17(19,20)21)7-14(13)26-16-8-15(24-10-25-16)23-9-12-3-1-2-6-22-12/h1-8,10H,9H2,(H2,23,24,25,26). The summed E-state index contributed by atoms with van der Waals surface area (Å²) < 4.78 is 38.6. The van der Waals surface area contributed by atoms with Crippen molar-refractivity contribution in [2.75, 3.05) is 10.6 Å². The first kappa shape index (κ1) is 17.9. The molecule has 5 nitrogen and oxygen atoms in total. The van der Waals surface area contributed by atoms with Gasteiger partial charge in [-0.05, 0) is 30.3 Å². The molecule has 0 aliphatic rings. The summed E-state index contributed by atoms with van der Waals surface area (Å²) in [5.41, 5.74) is 0.129. The Morgan fingerprint density at radius 2 is 1.77 bits per heavy atom. The van der Waals surface area contributed by atoms with Gasteiger partial charge in [0.25, 0.3) is 0 Å². The Kier molecular flexibility index (Phi) is 5.22. The van der Waals surface area contributed by atoms with Gasteiger partial charge < -0.3 is 10.6 Å². The van der Waals surface area contributed by atoms with Crippen LogP contribution in [0.25, 0.3) is 0 Å². The van der Waals surface area contributed by atoms with Crippen LogP contribution in [0.3, 0.4) is 0 Å². The van der Waals surface area contributed by atoms with Crippen molar-refractivity contribution in [3.05, 3.63) is 71.3 Å². The van der Waals surface area contributed by atoms with E-state index in [4.69, 9.17) is 11.6 Å². The van der Waals surface area contributed by atoms with E-state index >= 15 is 0 Å². The van der Waals surface area contributed by atoms with Crippen LogP contribution < -0.4 is 10.6 Å². The van der Waals surface area contributed by atoms with Crippen molar-refractivity contribution in [2.24, 2.45) is 0 Å². The minimum absolute atomic E-state index is 0.107. The van der Waals surface area contributed by atoms with Gasteiger partial charge in [-0.25, -0.2) is 9.97 Å². The fourth-order valence-electron chi connectivity index (χ4n) is 2.14. The smallest absolute Gasteiger partial charge is 0.364 e. The number of nitrogens with zero attached hydrogens (tertiary/aromatic N) is 3. The zero-order valence-corrected chi connectivity index (χ0v) is 14.0. The van der Waals surface area contributed by atoms with Gasteiger partial charge in [0.1, 0.15) is 18.0 Å². The number of aromatic nitrogens is 3. The Morgan fingerprint density at radius 1 is 0.962 bits per heavy atom. The lowest BCUT2D eigenvalue weighted by molar-refractivity contribution is -0.137. The number of nitrogens with one attached hydrogen (secondary N) is 2. The fourth-order valence-corrected chi connectivity index (χ4v) is 2.31. The van der Waals surface area contributed by atoms with E-state index in [1.54, 1.807) is 12.3 Å². The van der Waals surface area contributed by atoms with Crippen molar-refractivity contribution in [1.82, 2.24) is 15.0 Å². The molecule has 0 unspecified atom stereocenters. The highest BCUT2D eigenvalue weighted by molar-refractivity contribution is 6.33. The molecule has 2 heterocycles. The highest BCUT2D eigenvalue weighted by Crippen LogP contribution is 2.34. The first-order valence-electron chi connectivity index (χ1n) is 7.51. The third-order valence-corrected chi connectivity index (χ3v) is 3.73. The molecule has 26 heavy (non-hydrogen) atoms. The van der Waals surface area contributed by atoms with Crippen LogP contribution in [0.4, 0.5) is 30.5 Å². The average Bonchev–Trinajstić information content (AvgIpc) is 2.62. The Labute approximate surface area is 152 Å². The normalized spacial score (nSPS) is 11.2. The van der Waals surface area contributed by atoms with E-state index < -0.39 is 11.7 Å². The first-order chi connectivity index (χ1) is 12.4.